The van der Waals surface area contributed by atoms with Gasteiger partial charge in [0.15, 0.2) is 0 Å². The molecule has 1 aliphatic heterocycles. The Balaban J connectivity index is 1.79. The van der Waals surface area contributed by atoms with Gasteiger partial charge in [-0.2, -0.15) is 4.31 Å². The van der Waals surface area contributed by atoms with Gasteiger partial charge in [0.2, 0.25) is 10.0 Å². The summed E-state index contributed by atoms with van der Waals surface area (Å²) >= 11 is 0. The second-order valence-electron chi connectivity index (χ2n) is 7.02. The molecule has 0 aliphatic carbocycles. The lowest BCUT2D eigenvalue weighted by atomic mass is 10.1. The zero-order valence-electron chi connectivity index (χ0n) is 16.6. The molecule has 9 heteroatoms. The van der Waals surface area contributed by atoms with E-state index in [0.29, 0.717) is 31.9 Å². The molecule has 1 aliphatic rings. The third kappa shape index (κ3) is 4.86. The fraction of sp³-hybridized carbons (Fsp3) is 0.400. The Labute approximate surface area is 171 Å². The first-order chi connectivity index (χ1) is 13.8. The summed E-state index contributed by atoms with van der Waals surface area (Å²) in [4.78, 5) is 13.2. The van der Waals surface area contributed by atoms with Crippen molar-refractivity contribution in [1.29, 1.82) is 0 Å². The van der Waals surface area contributed by atoms with Gasteiger partial charge in [-0.1, -0.05) is 30.3 Å². The number of nitrogens with zero attached hydrogens (tertiary/aromatic N) is 3. The van der Waals surface area contributed by atoms with Gasteiger partial charge >= 0.3 is 0 Å². The highest BCUT2D eigenvalue weighted by Crippen LogP contribution is 2.33. The quantitative estimate of drug-likeness (QED) is 0.548. The third-order valence-electron chi connectivity index (χ3n) is 5.21. The van der Waals surface area contributed by atoms with Crippen LogP contribution in [-0.2, 0) is 10.0 Å². The molecule has 2 aromatic rings. The zero-order chi connectivity index (χ0) is 21.0. The molecule has 0 amide bonds. The van der Waals surface area contributed by atoms with Gasteiger partial charge in [0.25, 0.3) is 5.69 Å². The molecule has 0 radical (unpaired) electrons. The van der Waals surface area contributed by atoms with E-state index >= 15 is 0 Å². The van der Waals surface area contributed by atoms with Crippen LogP contribution in [0.2, 0.25) is 0 Å². The van der Waals surface area contributed by atoms with Crippen molar-refractivity contribution in [2.24, 2.45) is 0 Å². The number of nitro benzene ring substituents is 1. The van der Waals surface area contributed by atoms with Crippen molar-refractivity contribution in [3.63, 3.8) is 0 Å². The molecule has 1 heterocycles. The smallest absolute Gasteiger partial charge is 0.292 e. The van der Waals surface area contributed by atoms with Crippen molar-refractivity contribution in [2.75, 3.05) is 42.1 Å². The van der Waals surface area contributed by atoms with Crippen molar-refractivity contribution >= 4 is 27.1 Å². The highest BCUT2D eigenvalue weighted by molar-refractivity contribution is 7.89. The van der Waals surface area contributed by atoms with Crippen molar-refractivity contribution in [1.82, 2.24) is 4.31 Å². The highest BCUT2D eigenvalue weighted by atomic mass is 32.2. The van der Waals surface area contributed by atoms with E-state index in [1.807, 2.05) is 37.3 Å². The molecule has 156 valence electrons. The molecule has 0 bridgehead atoms. The molecule has 8 nitrogen and oxygen atoms in total. The minimum atomic E-state index is -3.19. The summed E-state index contributed by atoms with van der Waals surface area (Å²) < 4.78 is 25.6. The summed E-state index contributed by atoms with van der Waals surface area (Å²) in [6.07, 6.45) is 0. The summed E-state index contributed by atoms with van der Waals surface area (Å²) in [5.74, 6) is 0.0932. The Hall–Kier alpha value is -2.65. The standard InChI is InChI=1S/C20H26N4O4S/c1-3-29(27,28)23-13-11-22(12-14-23)18-9-10-20(24(25)26)19(15-18)21-16(2)17-7-5-4-6-8-17/h4-10,15-16,21H,3,11-14H2,1-2H3/t16-/m0/s1. The highest BCUT2D eigenvalue weighted by Gasteiger charge is 2.26. The largest absolute Gasteiger partial charge is 0.373 e. The molecule has 0 aromatic heterocycles. The van der Waals surface area contributed by atoms with Crippen LogP contribution in [0.3, 0.4) is 0 Å². The molecule has 3 rings (SSSR count). The normalized spacial score (nSPS) is 16.4. The lowest BCUT2D eigenvalue weighted by Crippen LogP contribution is -2.49. The summed E-state index contributed by atoms with van der Waals surface area (Å²) in [6.45, 7) is 5.52. The molecule has 0 spiro atoms. The van der Waals surface area contributed by atoms with E-state index in [4.69, 9.17) is 0 Å². The van der Waals surface area contributed by atoms with E-state index in [1.165, 1.54) is 10.4 Å². The fourth-order valence-electron chi connectivity index (χ4n) is 3.46. The number of hydrogen-bond donors (Lipinski definition) is 1. The van der Waals surface area contributed by atoms with Crippen LogP contribution >= 0.6 is 0 Å². The molecule has 1 atom stereocenters. The predicted molar refractivity (Wildman–Crippen MR) is 115 cm³/mol. The van der Waals surface area contributed by atoms with Crippen LogP contribution in [-0.4, -0.2) is 49.6 Å². The van der Waals surface area contributed by atoms with Crippen molar-refractivity contribution in [3.05, 3.63) is 64.2 Å². The van der Waals surface area contributed by atoms with Crippen LogP contribution < -0.4 is 10.2 Å². The number of rotatable bonds is 7. The molecule has 0 saturated carbocycles. The molecule has 1 fully saturated rings. The number of nitrogens with one attached hydrogen (secondary N) is 1. The van der Waals surface area contributed by atoms with Crippen LogP contribution in [0.5, 0.6) is 0 Å². The van der Waals surface area contributed by atoms with E-state index in [0.717, 1.165) is 11.3 Å². The zero-order valence-corrected chi connectivity index (χ0v) is 17.4. The Morgan fingerprint density at radius 1 is 1.10 bits per heavy atom. The first kappa shape index (κ1) is 21.1. The second kappa shape index (κ2) is 8.79. The van der Waals surface area contributed by atoms with Gasteiger partial charge in [0.1, 0.15) is 5.69 Å². The van der Waals surface area contributed by atoms with E-state index in [-0.39, 0.29) is 17.5 Å². The number of benzene rings is 2. The van der Waals surface area contributed by atoms with E-state index in [9.17, 15) is 18.5 Å². The maximum atomic E-state index is 12.0. The van der Waals surface area contributed by atoms with Gasteiger partial charge in [0, 0.05) is 44.0 Å². The average molecular weight is 419 g/mol. The van der Waals surface area contributed by atoms with Gasteiger partial charge in [0.05, 0.1) is 10.7 Å². The molecule has 2 aromatic carbocycles. The van der Waals surface area contributed by atoms with Gasteiger partial charge in [-0.15, -0.1) is 0 Å². The monoisotopic (exact) mass is 418 g/mol. The minimum Gasteiger partial charge on any atom is -0.373 e. The number of hydrogen-bond acceptors (Lipinski definition) is 6. The lowest BCUT2D eigenvalue weighted by molar-refractivity contribution is -0.384. The number of nitro groups is 1. The maximum absolute atomic E-state index is 12.0. The predicted octanol–water partition coefficient (Wildman–Crippen LogP) is 3.24. The summed E-state index contributed by atoms with van der Waals surface area (Å²) in [7, 11) is -3.19. The van der Waals surface area contributed by atoms with E-state index < -0.39 is 14.9 Å². The van der Waals surface area contributed by atoms with Crippen LogP contribution in [0, 0.1) is 10.1 Å². The molecule has 29 heavy (non-hydrogen) atoms. The van der Waals surface area contributed by atoms with Crippen LogP contribution in [0.1, 0.15) is 25.5 Å². The molecule has 1 N–H and O–H groups in total. The van der Waals surface area contributed by atoms with Gasteiger partial charge < -0.3 is 10.2 Å². The number of piperazine rings is 1. The summed E-state index contributed by atoms with van der Waals surface area (Å²) in [6, 6.07) is 14.6. The van der Waals surface area contributed by atoms with Gasteiger partial charge in [-0.25, -0.2) is 8.42 Å². The molecular formula is C20H26N4O4S. The molecule has 0 unspecified atom stereocenters. The third-order valence-corrected chi connectivity index (χ3v) is 7.09. The lowest BCUT2D eigenvalue weighted by Gasteiger charge is -2.35. The van der Waals surface area contributed by atoms with Crippen molar-refractivity contribution in [3.8, 4) is 0 Å². The van der Waals surface area contributed by atoms with Crippen LogP contribution in [0.4, 0.5) is 17.1 Å². The summed E-state index contributed by atoms with van der Waals surface area (Å²) in [5, 5.41) is 14.7. The number of anilines is 2. The summed E-state index contributed by atoms with van der Waals surface area (Å²) in [5.41, 5.74) is 2.34. The van der Waals surface area contributed by atoms with Gasteiger partial charge in [-0.05, 0) is 31.5 Å². The molecule has 1 saturated heterocycles. The van der Waals surface area contributed by atoms with E-state index in [2.05, 4.69) is 10.2 Å². The Bertz CT molecular complexity index is 958. The van der Waals surface area contributed by atoms with Crippen molar-refractivity contribution < 1.29 is 13.3 Å². The Morgan fingerprint density at radius 3 is 2.34 bits per heavy atom. The van der Waals surface area contributed by atoms with Crippen molar-refractivity contribution in [2.45, 2.75) is 19.9 Å². The Morgan fingerprint density at radius 2 is 1.76 bits per heavy atom. The second-order valence-corrected chi connectivity index (χ2v) is 9.28. The first-order valence-electron chi connectivity index (χ1n) is 9.64. The van der Waals surface area contributed by atoms with Crippen LogP contribution in [0.25, 0.3) is 0 Å². The van der Waals surface area contributed by atoms with E-state index in [1.54, 1.807) is 19.1 Å². The number of sulfonamides is 1. The average Bonchev–Trinajstić information content (AvgIpc) is 2.74. The fourth-order valence-corrected chi connectivity index (χ4v) is 4.55. The first-order valence-corrected chi connectivity index (χ1v) is 11.3. The van der Waals surface area contributed by atoms with Crippen LogP contribution in [0.15, 0.2) is 48.5 Å². The minimum absolute atomic E-state index is 0.0173. The Kier molecular flexibility index (Phi) is 6.39. The SMILES string of the molecule is CCS(=O)(=O)N1CCN(c2ccc([N+](=O)[O-])c(N[C@@H](C)c3ccccc3)c2)CC1. The molecular weight excluding hydrogens is 392 g/mol. The van der Waals surface area contributed by atoms with Gasteiger partial charge in [-0.3, -0.25) is 10.1 Å². The maximum Gasteiger partial charge on any atom is 0.292 e. The topological polar surface area (TPSA) is 95.8 Å².